The smallest absolute Gasteiger partial charge is 0.168 e. The van der Waals surface area contributed by atoms with Crippen LogP contribution in [0.4, 0.5) is 0 Å². The Morgan fingerprint density at radius 1 is 0.605 bits per heavy atom. The van der Waals surface area contributed by atoms with Crippen molar-refractivity contribution >= 4 is 0 Å². The summed E-state index contributed by atoms with van der Waals surface area (Å²) in [6.45, 7) is 23.9. The molecule has 3 aromatic carbocycles. The van der Waals surface area contributed by atoms with E-state index in [-0.39, 0.29) is 10.8 Å². The molecule has 2 nitrogen and oxygen atoms in total. The van der Waals surface area contributed by atoms with E-state index in [2.05, 4.69) is 130 Å². The van der Waals surface area contributed by atoms with Crippen molar-refractivity contribution in [1.29, 1.82) is 0 Å². The Morgan fingerprint density at radius 3 is 1.71 bits per heavy atom. The van der Waals surface area contributed by atoms with Crippen LogP contribution in [0.25, 0.3) is 22.3 Å². The van der Waals surface area contributed by atoms with Crippen LogP contribution >= 0.6 is 0 Å². The highest BCUT2D eigenvalue weighted by molar-refractivity contribution is 5.88. The predicted molar refractivity (Wildman–Crippen MR) is 165 cm³/mol. The molecule has 0 aliphatic heterocycles. The van der Waals surface area contributed by atoms with E-state index >= 15 is 0 Å². The highest BCUT2D eigenvalue weighted by atomic mass is 16.5. The monoisotopic (exact) mass is 514 g/mol. The zero-order chi connectivity index (χ0) is 28.1. The van der Waals surface area contributed by atoms with Crippen molar-refractivity contribution in [3.05, 3.63) is 71.8 Å². The third-order valence-corrected chi connectivity index (χ3v) is 7.65. The van der Waals surface area contributed by atoms with Gasteiger partial charge in [-0.2, -0.15) is 0 Å². The van der Waals surface area contributed by atoms with Crippen molar-refractivity contribution in [1.82, 2.24) is 0 Å². The molecule has 0 heterocycles. The average molecular weight is 515 g/mol. The molecule has 0 aromatic heterocycles. The molecule has 0 bridgehead atoms. The lowest BCUT2D eigenvalue weighted by Gasteiger charge is -2.24. The standard InChI is InChI=1S/C36H50O2/c1-11-25(3)23-37-33-15-13-14-31(34(33)38-24-26(4)12-2)32-22-29(36(8,9)10)20-21-30(32)27-16-18-28(19-17-27)35(5,6)7/h13-22,25-26H,11-12,23-24H2,1-10H3. The van der Waals surface area contributed by atoms with Crippen LogP contribution in [0.5, 0.6) is 11.5 Å². The number of para-hydroxylation sites is 1. The Kier molecular flexibility index (Phi) is 9.74. The van der Waals surface area contributed by atoms with Crippen molar-refractivity contribution in [2.45, 2.75) is 92.9 Å². The molecule has 0 saturated heterocycles. The third-order valence-electron chi connectivity index (χ3n) is 7.65. The summed E-state index contributed by atoms with van der Waals surface area (Å²) in [5.74, 6) is 2.65. The molecule has 0 N–H and O–H groups in total. The summed E-state index contributed by atoms with van der Waals surface area (Å²) in [6.07, 6.45) is 2.17. The molecule has 0 aliphatic rings. The molecule has 2 heteroatoms. The summed E-state index contributed by atoms with van der Waals surface area (Å²) >= 11 is 0. The van der Waals surface area contributed by atoms with Crippen LogP contribution in [0.2, 0.25) is 0 Å². The van der Waals surface area contributed by atoms with E-state index in [1.807, 2.05) is 0 Å². The van der Waals surface area contributed by atoms with Crippen molar-refractivity contribution in [2.24, 2.45) is 11.8 Å². The first kappa shape index (κ1) is 29.8. The Bertz CT molecular complexity index is 1180. The number of benzene rings is 3. The molecule has 3 aromatic rings. The van der Waals surface area contributed by atoms with E-state index in [4.69, 9.17) is 9.47 Å². The normalized spacial score (nSPS) is 13.7. The van der Waals surface area contributed by atoms with E-state index in [1.165, 1.54) is 27.8 Å². The van der Waals surface area contributed by atoms with Gasteiger partial charge in [-0.3, -0.25) is 0 Å². The summed E-state index contributed by atoms with van der Waals surface area (Å²) in [7, 11) is 0. The fraction of sp³-hybridized carbons (Fsp3) is 0.500. The maximum atomic E-state index is 6.60. The maximum Gasteiger partial charge on any atom is 0.168 e. The van der Waals surface area contributed by atoms with Gasteiger partial charge in [0.2, 0.25) is 0 Å². The largest absolute Gasteiger partial charge is 0.489 e. The van der Waals surface area contributed by atoms with Crippen LogP contribution in [-0.2, 0) is 10.8 Å². The lowest BCUT2D eigenvalue weighted by atomic mass is 9.82. The predicted octanol–water partition coefficient (Wildman–Crippen LogP) is 10.5. The number of hydrogen-bond donors (Lipinski definition) is 0. The van der Waals surface area contributed by atoms with Crippen LogP contribution in [0, 0.1) is 11.8 Å². The molecule has 206 valence electrons. The van der Waals surface area contributed by atoms with E-state index < -0.39 is 0 Å². The van der Waals surface area contributed by atoms with E-state index in [0.29, 0.717) is 25.0 Å². The first-order valence-corrected chi connectivity index (χ1v) is 14.5. The van der Waals surface area contributed by atoms with Crippen molar-refractivity contribution in [2.75, 3.05) is 13.2 Å². The minimum absolute atomic E-state index is 0.0335. The molecule has 0 spiro atoms. The number of hydrogen-bond acceptors (Lipinski definition) is 2. The summed E-state index contributed by atoms with van der Waals surface area (Å²) in [6, 6.07) is 22.3. The molecule has 2 atom stereocenters. The second-order valence-electron chi connectivity index (χ2n) is 13.1. The van der Waals surface area contributed by atoms with Crippen molar-refractivity contribution < 1.29 is 9.47 Å². The molecule has 0 amide bonds. The minimum atomic E-state index is 0.0335. The molecule has 2 unspecified atom stereocenters. The molecule has 38 heavy (non-hydrogen) atoms. The average Bonchev–Trinajstić information content (AvgIpc) is 2.89. The van der Waals surface area contributed by atoms with Gasteiger partial charge in [-0.15, -0.1) is 0 Å². The van der Waals surface area contributed by atoms with Crippen LogP contribution in [0.15, 0.2) is 60.7 Å². The zero-order valence-electron chi connectivity index (χ0n) is 25.6. The van der Waals surface area contributed by atoms with Crippen LogP contribution in [0.3, 0.4) is 0 Å². The van der Waals surface area contributed by atoms with Gasteiger partial charge in [-0.25, -0.2) is 0 Å². The summed E-state index contributed by atoms with van der Waals surface area (Å²) in [4.78, 5) is 0. The fourth-order valence-corrected chi connectivity index (χ4v) is 4.32. The van der Waals surface area contributed by atoms with Gasteiger partial charge in [0.25, 0.3) is 0 Å². The summed E-state index contributed by atoms with van der Waals surface area (Å²) in [5, 5.41) is 0. The molecule has 0 fully saturated rings. The van der Waals surface area contributed by atoms with Crippen LogP contribution in [0.1, 0.15) is 93.2 Å². The quantitative estimate of drug-likeness (QED) is 0.268. The molecule has 0 radical (unpaired) electrons. The van der Waals surface area contributed by atoms with Crippen LogP contribution in [-0.4, -0.2) is 13.2 Å². The maximum absolute atomic E-state index is 6.60. The van der Waals surface area contributed by atoms with Gasteiger partial charge >= 0.3 is 0 Å². The highest BCUT2D eigenvalue weighted by Gasteiger charge is 2.22. The summed E-state index contributed by atoms with van der Waals surface area (Å²) < 4.78 is 13.0. The van der Waals surface area contributed by atoms with E-state index in [1.54, 1.807) is 0 Å². The lowest BCUT2D eigenvalue weighted by Crippen LogP contribution is -2.13. The fourth-order valence-electron chi connectivity index (χ4n) is 4.32. The van der Waals surface area contributed by atoms with E-state index in [9.17, 15) is 0 Å². The van der Waals surface area contributed by atoms with Gasteiger partial charge < -0.3 is 9.47 Å². The SMILES string of the molecule is CCC(C)COc1cccc(-c2cc(C(C)(C)C)ccc2-c2ccc(C(C)(C)C)cc2)c1OCC(C)CC. The van der Waals surface area contributed by atoms with Crippen molar-refractivity contribution in [3.8, 4) is 33.8 Å². The van der Waals surface area contributed by atoms with Gasteiger partial charge in [0.05, 0.1) is 13.2 Å². The third kappa shape index (κ3) is 7.43. The Balaban J connectivity index is 2.21. The second-order valence-corrected chi connectivity index (χ2v) is 13.1. The zero-order valence-corrected chi connectivity index (χ0v) is 25.6. The lowest BCUT2D eigenvalue weighted by molar-refractivity contribution is 0.218. The van der Waals surface area contributed by atoms with Crippen LogP contribution < -0.4 is 9.47 Å². The van der Waals surface area contributed by atoms with Gasteiger partial charge in [0, 0.05) is 5.56 Å². The van der Waals surface area contributed by atoms with E-state index in [0.717, 1.165) is 29.9 Å². The van der Waals surface area contributed by atoms with Gasteiger partial charge in [0.15, 0.2) is 11.5 Å². The topological polar surface area (TPSA) is 18.5 Å². The Hall–Kier alpha value is -2.74. The first-order valence-electron chi connectivity index (χ1n) is 14.5. The van der Waals surface area contributed by atoms with Gasteiger partial charge in [-0.05, 0) is 62.6 Å². The molecular weight excluding hydrogens is 464 g/mol. The minimum Gasteiger partial charge on any atom is -0.489 e. The highest BCUT2D eigenvalue weighted by Crippen LogP contribution is 2.44. The van der Waals surface area contributed by atoms with Crippen molar-refractivity contribution in [3.63, 3.8) is 0 Å². The molecule has 3 rings (SSSR count). The van der Waals surface area contributed by atoms with Gasteiger partial charge in [0.1, 0.15) is 0 Å². The molecular formula is C36H50O2. The number of rotatable bonds is 10. The number of ether oxygens (including phenoxy) is 2. The molecule has 0 aliphatic carbocycles. The summed E-state index contributed by atoms with van der Waals surface area (Å²) in [5.41, 5.74) is 7.51. The first-order chi connectivity index (χ1) is 17.8. The Labute approximate surface area is 232 Å². The Morgan fingerprint density at radius 2 is 1.16 bits per heavy atom. The molecule has 0 saturated carbocycles. The van der Waals surface area contributed by atoms with Gasteiger partial charge in [-0.1, -0.05) is 131 Å². The second kappa shape index (κ2) is 12.4.